The topological polar surface area (TPSA) is 49.3 Å². The molecule has 106 valence electrons. The first-order chi connectivity index (χ1) is 8.62. The molecule has 19 heavy (non-hydrogen) atoms. The van der Waals surface area contributed by atoms with Gasteiger partial charge in [-0.05, 0) is 62.4 Å². The van der Waals surface area contributed by atoms with Crippen molar-refractivity contribution < 1.29 is 9.90 Å². The van der Waals surface area contributed by atoms with Crippen LogP contribution in [0.25, 0.3) is 0 Å². The number of halogens is 1. The number of carbonyl (C=O) groups is 1. The van der Waals surface area contributed by atoms with Crippen LogP contribution in [0, 0.1) is 0 Å². The van der Waals surface area contributed by atoms with Crippen LogP contribution < -0.4 is 5.32 Å². The molecule has 0 bridgehead atoms. The maximum atomic E-state index is 11.3. The van der Waals surface area contributed by atoms with Crippen molar-refractivity contribution in [3.8, 4) is 5.75 Å². The van der Waals surface area contributed by atoms with E-state index in [9.17, 15) is 9.90 Å². The zero-order chi connectivity index (χ0) is 13.0. The summed E-state index contributed by atoms with van der Waals surface area (Å²) in [4.78, 5) is 11.3. The highest BCUT2D eigenvalue weighted by Gasteiger charge is 2.33. The number of phenolic OH excluding ortho intramolecular Hbond substituents is 1. The number of Topliss-reactive ketones (excluding diaryl/α,β-unsaturated/α-hetero) is 1. The van der Waals surface area contributed by atoms with Gasteiger partial charge in [0.15, 0.2) is 0 Å². The summed E-state index contributed by atoms with van der Waals surface area (Å²) < 4.78 is 0. The quantitative estimate of drug-likeness (QED) is 0.893. The molecule has 0 amide bonds. The summed E-state index contributed by atoms with van der Waals surface area (Å²) in [5, 5.41) is 13.0. The molecule has 1 aliphatic rings. The number of ketones is 1. The Balaban J connectivity index is 0.00000180. The van der Waals surface area contributed by atoms with Gasteiger partial charge < -0.3 is 15.2 Å². The van der Waals surface area contributed by atoms with Crippen molar-refractivity contribution in [2.75, 3.05) is 13.1 Å². The minimum Gasteiger partial charge on any atom is -0.508 e. The molecule has 1 saturated heterocycles. The van der Waals surface area contributed by atoms with Crippen molar-refractivity contribution >= 4 is 18.2 Å². The molecule has 1 aromatic carbocycles. The summed E-state index contributed by atoms with van der Waals surface area (Å²) in [6, 6.07) is 7.52. The maximum absolute atomic E-state index is 11.3. The predicted molar refractivity (Wildman–Crippen MR) is 79.1 cm³/mol. The van der Waals surface area contributed by atoms with Gasteiger partial charge in [0.2, 0.25) is 0 Å². The van der Waals surface area contributed by atoms with Gasteiger partial charge in [-0.3, -0.25) is 0 Å². The number of hydrogen-bond donors (Lipinski definition) is 2. The van der Waals surface area contributed by atoms with Crippen molar-refractivity contribution in [3.63, 3.8) is 0 Å². The van der Waals surface area contributed by atoms with Gasteiger partial charge in [-0.15, -0.1) is 12.4 Å². The lowest BCUT2D eigenvalue weighted by Crippen LogP contribution is -2.40. The smallest absolute Gasteiger partial charge is 0.129 e. The van der Waals surface area contributed by atoms with Crippen LogP contribution in [0.5, 0.6) is 5.75 Å². The van der Waals surface area contributed by atoms with Crippen LogP contribution in [0.2, 0.25) is 0 Å². The normalized spacial score (nSPS) is 17.5. The van der Waals surface area contributed by atoms with Gasteiger partial charge >= 0.3 is 0 Å². The number of nitrogens with one attached hydrogen (secondary N) is 1. The fraction of sp³-hybridized carbons (Fsp3) is 0.533. The molecule has 4 heteroatoms. The molecular formula is C15H22ClNO2. The second-order valence-electron chi connectivity index (χ2n) is 5.28. The average molecular weight is 284 g/mol. The summed E-state index contributed by atoms with van der Waals surface area (Å²) in [6.45, 7) is 3.61. The minimum absolute atomic E-state index is 0. The van der Waals surface area contributed by atoms with Crippen LogP contribution in [-0.4, -0.2) is 24.0 Å². The van der Waals surface area contributed by atoms with E-state index in [-0.39, 0.29) is 23.6 Å². The third-order valence-corrected chi connectivity index (χ3v) is 3.97. The highest BCUT2D eigenvalue weighted by atomic mass is 35.5. The number of carbonyl (C=O) groups excluding carboxylic acids is 1. The molecule has 0 atom stereocenters. The zero-order valence-corrected chi connectivity index (χ0v) is 12.1. The summed E-state index contributed by atoms with van der Waals surface area (Å²) >= 11 is 0. The molecule has 1 fully saturated rings. The molecule has 2 N–H and O–H groups in total. The SMILES string of the molecule is CC(=O)CCC1(c2cccc(O)c2)CCNCC1.Cl. The van der Waals surface area contributed by atoms with Crippen LogP contribution in [0.15, 0.2) is 24.3 Å². The number of aromatic hydroxyl groups is 1. The van der Waals surface area contributed by atoms with E-state index >= 15 is 0 Å². The van der Waals surface area contributed by atoms with Crippen molar-refractivity contribution in [2.24, 2.45) is 0 Å². The Morgan fingerprint density at radius 3 is 2.63 bits per heavy atom. The van der Waals surface area contributed by atoms with Crippen LogP contribution in [0.3, 0.4) is 0 Å². The van der Waals surface area contributed by atoms with Gasteiger partial charge in [-0.25, -0.2) is 0 Å². The predicted octanol–water partition coefficient (Wildman–Crippen LogP) is 2.80. The van der Waals surface area contributed by atoms with E-state index in [1.807, 2.05) is 12.1 Å². The fourth-order valence-corrected chi connectivity index (χ4v) is 2.84. The van der Waals surface area contributed by atoms with E-state index in [1.54, 1.807) is 13.0 Å². The number of piperidine rings is 1. The molecule has 0 radical (unpaired) electrons. The van der Waals surface area contributed by atoms with Gasteiger partial charge in [-0.1, -0.05) is 12.1 Å². The lowest BCUT2D eigenvalue weighted by Gasteiger charge is -2.38. The standard InChI is InChI=1S/C15H21NO2.ClH/c1-12(17)5-6-15(7-9-16-10-8-15)13-3-2-4-14(18)11-13;/h2-4,11,16,18H,5-10H2,1H3;1H. The van der Waals surface area contributed by atoms with Crippen molar-refractivity contribution in [3.05, 3.63) is 29.8 Å². The molecule has 0 aliphatic carbocycles. The fourth-order valence-electron chi connectivity index (χ4n) is 2.84. The lowest BCUT2D eigenvalue weighted by atomic mass is 9.70. The van der Waals surface area contributed by atoms with Gasteiger partial charge in [0.25, 0.3) is 0 Å². The van der Waals surface area contributed by atoms with E-state index in [0.29, 0.717) is 12.2 Å². The molecule has 3 nitrogen and oxygen atoms in total. The zero-order valence-electron chi connectivity index (χ0n) is 11.3. The monoisotopic (exact) mass is 283 g/mol. The second-order valence-corrected chi connectivity index (χ2v) is 5.28. The first-order valence-electron chi connectivity index (χ1n) is 6.62. The first kappa shape index (κ1) is 16.0. The van der Waals surface area contributed by atoms with Gasteiger partial charge in [-0.2, -0.15) is 0 Å². The van der Waals surface area contributed by atoms with E-state index in [4.69, 9.17) is 0 Å². The number of hydrogen-bond acceptors (Lipinski definition) is 3. The third-order valence-electron chi connectivity index (χ3n) is 3.97. The molecule has 0 spiro atoms. The Morgan fingerprint density at radius 2 is 2.05 bits per heavy atom. The van der Waals surface area contributed by atoms with E-state index in [2.05, 4.69) is 11.4 Å². The van der Waals surface area contributed by atoms with Gasteiger partial charge in [0, 0.05) is 6.42 Å². The number of phenols is 1. The van der Waals surface area contributed by atoms with Crippen molar-refractivity contribution in [1.82, 2.24) is 5.32 Å². The lowest BCUT2D eigenvalue weighted by molar-refractivity contribution is -0.117. The molecule has 0 unspecified atom stereocenters. The molecule has 0 aromatic heterocycles. The Morgan fingerprint density at radius 1 is 1.37 bits per heavy atom. The van der Waals surface area contributed by atoms with Gasteiger partial charge in [0.05, 0.1) is 0 Å². The highest BCUT2D eigenvalue weighted by Crippen LogP contribution is 2.39. The Labute approximate surface area is 120 Å². The Bertz CT molecular complexity index is 428. The van der Waals surface area contributed by atoms with E-state index in [0.717, 1.165) is 32.4 Å². The first-order valence-corrected chi connectivity index (χ1v) is 6.62. The molecule has 1 aliphatic heterocycles. The summed E-state index contributed by atoms with van der Waals surface area (Å²) in [5.74, 6) is 0.557. The second kappa shape index (κ2) is 6.92. The van der Waals surface area contributed by atoms with Crippen LogP contribution >= 0.6 is 12.4 Å². The van der Waals surface area contributed by atoms with Crippen LogP contribution in [-0.2, 0) is 10.2 Å². The number of rotatable bonds is 4. The molecule has 1 aromatic rings. The van der Waals surface area contributed by atoms with Crippen molar-refractivity contribution in [2.45, 2.75) is 38.0 Å². The molecule has 0 saturated carbocycles. The Kier molecular flexibility index (Phi) is 5.83. The third kappa shape index (κ3) is 3.95. The minimum atomic E-state index is 0. The van der Waals surface area contributed by atoms with E-state index in [1.165, 1.54) is 5.56 Å². The summed E-state index contributed by atoms with van der Waals surface area (Å²) in [7, 11) is 0. The highest BCUT2D eigenvalue weighted by molar-refractivity contribution is 5.85. The van der Waals surface area contributed by atoms with Crippen LogP contribution in [0.4, 0.5) is 0 Å². The molecule has 1 heterocycles. The van der Waals surface area contributed by atoms with Crippen molar-refractivity contribution in [1.29, 1.82) is 0 Å². The Hall–Kier alpha value is -1.06. The molecule has 2 rings (SSSR count). The molecular weight excluding hydrogens is 262 g/mol. The largest absolute Gasteiger partial charge is 0.508 e. The summed E-state index contributed by atoms with van der Waals surface area (Å²) in [5.41, 5.74) is 1.22. The van der Waals surface area contributed by atoms with Gasteiger partial charge in [0.1, 0.15) is 11.5 Å². The average Bonchev–Trinajstić information content (AvgIpc) is 2.37. The van der Waals surface area contributed by atoms with E-state index < -0.39 is 0 Å². The number of benzene rings is 1. The summed E-state index contributed by atoms with van der Waals surface area (Å²) in [6.07, 6.45) is 3.57. The maximum Gasteiger partial charge on any atom is 0.129 e. The van der Waals surface area contributed by atoms with Crippen LogP contribution in [0.1, 0.15) is 38.2 Å².